The lowest BCUT2D eigenvalue weighted by Crippen LogP contribution is -2.41. The molecule has 1 aliphatic heterocycles. The van der Waals surface area contributed by atoms with Crippen LogP contribution in [0.3, 0.4) is 0 Å². The molecule has 0 spiro atoms. The third-order valence-electron chi connectivity index (χ3n) is 4.24. The Kier molecular flexibility index (Phi) is 7.10. The quantitative estimate of drug-likeness (QED) is 0.387. The highest BCUT2D eigenvalue weighted by Crippen LogP contribution is 2.28. The van der Waals surface area contributed by atoms with Crippen LogP contribution in [0.25, 0.3) is 0 Å². The minimum Gasteiger partial charge on any atom is -0.300 e. The summed E-state index contributed by atoms with van der Waals surface area (Å²) in [5.41, 5.74) is 0. The molecule has 0 atom stereocenters. The molecule has 0 radical (unpaired) electrons. The molecule has 7 nitrogen and oxygen atoms in total. The van der Waals surface area contributed by atoms with Crippen LogP contribution in [0, 0.1) is 5.92 Å². The first-order valence-corrected chi connectivity index (χ1v) is 12.2. The minimum atomic E-state index is -3.58. The number of nitrogens with one attached hydrogen (secondary N) is 1. The molecular formula is C17H19ClN4O3S3. The van der Waals surface area contributed by atoms with Crippen molar-refractivity contribution in [3.05, 3.63) is 41.9 Å². The third kappa shape index (κ3) is 5.12. The van der Waals surface area contributed by atoms with Crippen LogP contribution in [0.1, 0.15) is 12.8 Å². The molecule has 0 bridgehead atoms. The Morgan fingerprint density at radius 3 is 2.64 bits per heavy atom. The third-order valence-corrected chi connectivity index (χ3v) is 8.37. The standard InChI is InChI=1S/C17H19ClN4O3S3/c1-2-11-26-17-21-20-16(27-17)19-15(23)12-7-9-22(10-8-12)28(24,25)14-5-3-13(18)4-6-14/h2-6,12H,1,7-11H2,(H,19,20,23). The fourth-order valence-electron chi connectivity index (χ4n) is 2.77. The smallest absolute Gasteiger partial charge is 0.243 e. The number of carbonyl (C=O) groups excluding carboxylic acids is 1. The van der Waals surface area contributed by atoms with Gasteiger partial charge < -0.3 is 5.32 Å². The van der Waals surface area contributed by atoms with Crippen molar-refractivity contribution in [2.24, 2.45) is 5.92 Å². The Bertz CT molecular complexity index is 939. The molecule has 1 aromatic carbocycles. The maximum atomic E-state index is 12.7. The first-order valence-electron chi connectivity index (χ1n) is 8.54. The summed E-state index contributed by atoms with van der Waals surface area (Å²) in [7, 11) is -3.58. The molecule has 28 heavy (non-hydrogen) atoms. The van der Waals surface area contributed by atoms with E-state index in [-0.39, 0.29) is 16.7 Å². The van der Waals surface area contributed by atoms with Gasteiger partial charge in [-0.1, -0.05) is 40.8 Å². The van der Waals surface area contributed by atoms with Gasteiger partial charge in [-0.25, -0.2) is 8.42 Å². The molecule has 0 aliphatic carbocycles. The van der Waals surface area contributed by atoms with E-state index in [1.807, 2.05) is 0 Å². The molecule has 1 fully saturated rings. The molecular weight excluding hydrogens is 440 g/mol. The van der Waals surface area contributed by atoms with Crippen molar-refractivity contribution in [3.8, 4) is 0 Å². The predicted octanol–water partition coefficient (Wildman–Crippen LogP) is 3.51. The Hall–Kier alpha value is -1.46. The average Bonchev–Trinajstić information content (AvgIpc) is 3.14. The lowest BCUT2D eigenvalue weighted by atomic mass is 9.97. The number of hydrogen-bond acceptors (Lipinski definition) is 7. The van der Waals surface area contributed by atoms with Crippen LogP contribution in [-0.4, -0.2) is 47.7 Å². The number of thioether (sulfide) groups is 1. The largest absolute Gasteiger partial charge is 0.300 e. The Balaban J connectivity index is 1.55. The van der Waals surface area contributed by atoms with Gasteiger partial charge in [0, 0.05) is 29.8 Å². The van der Waals surface area contributed by atoms with Gasteiger partial charge in [0.1, 0.15) is 0 Å². The van der Waals surface area contributed by atoms with Gasteiger partial charge in [0.15, 0.2) is 4.34 Å². The van der Waals surface area contributed by atoms with E-state index in [9.17, 15) is 13.2 Å². The molecule has 1 N–H and O–H groups in total. The number of aromatic nitrogens is 2. The number of benzene rings is 1. The van der Waals surface area contributed by atoms with E-state index in [0.717, 1.165) is 10.1 Å². The van der Waals surface area contributed by atoms with E-state index in [2.05, 4.69) is 22.1 Å². The lowest BCUT2D eigenvalue weighted by molar-refractivity contribution is -0.120. The Morgan fingerprint density at radius 1 is 1.32 bits per heavy atom. The predicted molar refractivity (Wildman–Crippen MR) is 112 cm³/mol. The fourth-order valence-corrected chi connectivity index (χ4v) is 5.88. The summed E-state index contributed by atoms with van der Waals surface area (Å²) in [5, 5.41) is 11.7. The SMILES string of the molecule is C=CCSc1nnc(NC(=O)C2CCN(S(=O)(=O)c3ccc(Cl)cc3)CC2)s1. The summed E-state index contributed by atoms with van der Waals surface area (Å²) in [5.74, 6) is 0.313. The van der Waals surface area contributed by atoms with Gasteiger partial charge in [-0.05, 0) is 37.1 Å². The molecule has 1 aromatic heterocycles. The second-order valence-electron chi connectivity index (χ2n) is 6.09. The van der Waals surface area contributed by atoms with Crippen molar-refractivity contribution in [3.63, 3.8) is 0 Å². The van der Waals surface area contributed by atoms with Crippen LogP contribution in [0.5, 0.6) is 0 Å². The summed E-state index contributed by atoms with van der Waals surface area (Å²) in [6, 6.07) is 6.10. The van der Waals surface area contributed by atoms with E-state index in [1.165, 1.54) is 39.5 Å². The summed E-state index contributed by atoms with van der Waals surface area (Å²) in [4.78, 5) is 12.7. The normalized spacial score (nSPS) is 16.0. The van der Waals surface area contributed by atoms with Crippen LogP contribution >= 0.6 is 34.7 Å². The fraction of sp³-hybridized carbons (Fsp3) is 0.353. The van der Waals surface area contributed by atoms with E-state index in [4.69, 9.17) is 11.6 Å². The molecule has 1 amide bonds. The second-order valence-corrected chi connectivity index (χ2v) is 10.7. The van der Waals surface area contributed by atoms with Crippen LogP contribution < -0.4 is 5.32 Å². The lowest BCUT2D eigenvalue weighted by Gasteiger charge is -2.30. The van der Waals surface area contributed by atoms with E-state index >= 15 is 0 Å². The van der Waals surface area contributed by atoms with Crippen LogP contribution in [-0.2, 0) is 14.8 Å². The molecule has 0 unspecified atom stereocenters. The van der Waals surface area contributed by atoms with Crippen LogP contribution in [0.15, 0.2) is 46.2 Å². The van der Waals surface area contributed by atoms with Crippen molar-refractivity contribution in [2.45, 2.75) is 22.1 Å². The van der Waals surface area contributed by atoms with Crippen LogP contribution in [0.4, 0.5) is 5.13 Å². The number of hydrogen-bond donors (Lipinski definition) is 1. The highest BCUT2D eigenvalue weighted by Gasteiger charge is 2.32. The molecule has 2 aromatic rings. The molecule has 150 valence electrons. The van der Waals surface area contributed by atoms with Crippen molar-refractivity contribution in [2.75, 3.05) is 24.2 Å². The first kappa shape index (κ1) is 21.3. The summed E-state index contributed by atoms with van der Waals surface area (Å²) in [6.45, 7) is 4.23. The van der Waals surface area contributed by atoms with Gasteiger partial charge in [-0.3, -0.25) is 4.79 Å². The molecule has 1 saturated heterocycles. The van der Waals surface area contributed by atoms with Crippen molar-refractivity contribution in [1.82, 2.24) is 14.5 Å². The van der Waals surface area contributed by atoms with Gasteiger partial charge in [0.2, 0.25) is 21.1 Å². The average molecular weight is 459 g/mol. The van der Waals surface area contributed by atoms with Gasteiger partial charge in [-0.2, -0.15) is 4.31 Å². The molecule has 1 aliphatic rings. The number of piperidine rings is 1. The number of halogens is 1. The van der Waals surface area contributed by atoms with E-state index in [1.54, 1.807) is 18.2 Å². The highest BCUT2D eigenvalue weighted by molar-refractivity contribution is 8.01. The van der Waals surface area contributed by atoms with E-state index in [0.29, 0.717) is 36.1 Å². The van der Waals surface area contributed by atoms with Crippen molar-refractivity contribution in [1.29, 1.82) is 0 Å². The molecule has 0 saturated carbocycles. The van der Waals surface area contributed by atoms with Gasteiger partial charge >= 0.3 is 0 Å². The zero-order valence-electron chi connectivity index (χ0n) is 14.9. The Labute approximate surface area is 177 Å². The van der Waals surface area contributed by atoms with Gasteiger partial charge in [0.25, 0.3) is 0 Å². The number of anilines is 1. The second kappa shape index (κ2) is 9.36. The number of amides is 1. The monoisotopic (exact) mass is 458 g/mol. The van der Waals surface area contributed by atoms with Crippen molar-refractivity contribution < 1.29 is 13.2 Å². The number of sulfonamides is 1. The minimum absolute atomic E-state index is 0.153. The zero-order chi connectivity index (χ0) is 20.1. The number of carbonyl (C=O) groups is 1. The van der Waals surface area contributed by atoms with E-state index < -0.39 is 10.0 Å². The molecule has 2 heterocycles. The van der Waals surface area contributed by atoms with Crippen molar-refractivity contribution >= 4 is 55.8 Å². The topological polar surface area (TPSA) is 92.3 Å². The number of nitrogens with zero attached hydrogens (tertiary/aromatic N) is 3. The maximum Gasteiger partial charge on any atom is 0.243 e. The number of rotatable bonds is 7. The molecule has 11 heteroatoms. The van der Waals surface area contributed by atoms with Gasteiger partial charge in [-0.15, -0.1) is 16.8 Å². The summed E-state index contributed by atoms with van der Waals surface area (Å²) >= 11 is 8.64. The van der Waals surface area contributed by atoms with Gasteiger partial charge in [0.05, 0.1) is 4.90 Å². The summed E-state index contributed by atoms with van der Waals surface area (Å²) < 4.78 is 27.6. The van der Waals surface area contributed by atoms with Crippen LogP contribution in [0.2, 0.25) is 5.02 Å². The zero-order valence-corrected chi connectivity index (χ0v) is 18.1. The Morgan fingerprint density at radius 2 is 2.00 bits per heavy atom. The first-order chi connectivity index (χ1) is 13.4. The highest BCUT2D eigenvalue weighted by atomic mass is 35.5. The molecule has 3 rings (SSSR count). The summed E-state index contributed by atoms with van der Waals surface area (Å²) in [6.07, 6.45) is 2.68. The maximum absolute atomic E-state index is 12.7.